The number of nitrogens with zero attached hydrogens (tertiary/aromatic N) is 4. The van der Waals surface area contributed by atoms with Crippen molar-refractivity contribution in [2.45, 2.75) is 31.1 Å². The number of aromatic nitrogens is 2. The molecule has 1 aliphatic rings. The molecular formula is C17H21N5O2S. The van der Waals surface area contributed by atoms with E-state index in [2.05, 4.69) is 20.5 Å². The first kappa shape index (κ1) is 17.5. The third-order valence-corrected chi connectivity index (χ3v) is 5.95. The molecule has 7 nitrogen and oxygen atoms in total. The molecule has 0 radical (unpaired) electrons. The fraction of sp³-hybridized carbons (Fsp3) is 0.353. The van der Waals surface area contributed by atoms with Gasteiger partial charge in [0.1, 0.15) is 10.7 Å². The van der Waals surface area contributed by atoms with Gasteiger partial charge in [0.15, 0.2) is 0 Å². The van der Waals surface area contributed by atoms with Crippen LogP contribution >= 0.6 is 0 Å². The topological polar surface area (TPSA) is 87.5 Å². The van der Waals surface area contributed by atoms with E-state index in [4.69, 9.17) is 0 Å². The molecule has 1 fully saturated rings. The summed E-state index contributed by atoms with van der Waals surface area (Å²) in [6.45, 7) is 3.00. The molecular weight excluding hydrogens is 338 g/mol. The van der Waals surface area contributed by atoms with Crippen LogP contribution in [0.4, 0.5) is 5.82 Å². The molecule has 132 valence electrons. The Bertz CT molecular complexity index is 829. The Morgan fingerprint density at radius 1 is 1.12 bits per heavy atom. The molecule has 2 aromatic heterocycles. The number of hydrazone groups is 1. The van der Waals surface area contributed by atoms with Gasteiger partial charge in [0.25, 0.3) is 0 Å². The van der Waals surface area contributed by atoms with Crippen LogP contribution < -0.4 is 5.43 Å². The molecule has 0 spiro atoms. The minimum Gasteiger partial charge on any atom is -0.261 e. The molecule has 3 rings (SSSR count). The van der Waals surface area contributed by atoms with Crippen LogP contribution in [0.2, 0.25) is 0 Å². The monoisotopic (exact) mass is 359 g/mol. The van der Waals surface area contributed by atoms with Gasteiger partial charge >= 0.3 is 0 Å². The summed E-state index contributed by atoms with van der Waals surface area (Å²) >= 11 is 0. The molecule has 0 aliphatic carbocycles. The van der Waals surface area contributed by atoms with Crippen molar-refractivity contribution in [3.8, 4) is 0 Å². The summed E-state index contributed by atoms with van der Waals surface area (Å²) in [4.78, 5) is 8.59. The van der Waals surface area contributed by atoms with E-state index >= 15 is 0 Å². The molecule has 0 unspecified atom stereocenters. The first-order valence-corrected chi connectivity index (χ1v) is 9.69. The van der Waals surface area contributed by atoms with Gasteiger partial charge in [-0.1, -0.05) is 12.5 Å². The van der Waals surface area contributed by atoms with Crippen molar-refractivity contribution < 1.29 is 8.42 Å². The highest BCUT2D eigenvalue weighted by Gasteiger charge is 2.26. The van der Waals surface area contributed by atoms with Crippen LogP contribution in [0.3, 0.4) is 0 Å². The SMILES string of the molecule is CC(=NNc1ccc(S(=O)(=O)N2CCCCC2)cn1)c1ccccn1. The van der Waals surface area contributed by atoms with Crippen molar-refractivity contribution in [3.63, 3.8) is 0 Å². The van der Waals surface area contributed by atoms with Crippen molar-refractivity contribution in [1.29, 1.82) is 0 Å². The number of hydrogen-bond donors (Lipinski definition) is 1. The Morgan fingerprint density at radius 2 is 1.92 bits per heavy atom. The highest BCUT2D eigenvalue weighted by atomic mass is 32.2. The van der Waals surface area contributed by atoms with Crippen molar-refractivity contribution in [2.24, 2.45) is 5.10 Å². The second-order valence-corrected chi connectivity index (χ2v) is 7.81. The van der Waals surface area contributed by atoms with Crippen LogP contribution in [-0.4, -0.2) is 41.5 Å². The van der Waals surface area contributed by atoms with Crippen LogP contribution in [0.15, 0.2) is 52.7 Å². The number of pyridine rings is 2. The zero-order valence-corrected chi connectivity index (χ0v) is 14.9. The van der Waals surface area contributed by atoms with Crippen molar-refractivity contribution in [3.05, 3.63) is 48.4 Å². The number of anilines is 1. The molecule has 2 aromatic rings. The second-order valence-electron chi connectivity index (χ2n) is 5.87. The van der Waals surface area contributed by atoms with Gasteiger partial charge in [-0.2, -0.15) is 9.41 Å². The molecule has 0 bridgehead atoms. The lowest BCUT2D eigenvalue weighted by Gasteiger charge is -2.25. The van der Waals surface area contributed by atoms with Gasteiger partial charge in [-0.3, -0.25) is 10.4 Å². The zero-order chi connectivity index (χ0) is 17.7. The lowest BCUT2D eigenvalue weighted by molar-refractivity contribution is 0.346. The summed E-state index contributed by atoms with van der Waals surface area (Å²) in [5.74, 6) is 0.480. The van der Waals surface area contributed by atoms with Gasteiger partial charge in [0, 0.05) is 25.5 Å². The normalized spacial score (nSPS) is 16.6. The van der Waals surface area contributed by atoms with Crippen LogP contribution in [0, 0.1) is 0 Å². The van der Waals surface area contributed by atoms with Crippen LogP contribution in [0.5, 0.6) is 0 Å². The fourth-order valence-electron chi connectivity index (χ4n) is 2.63. The number of hydrogen-bond acceptors (Lipinski definition) is 6. The molecule has 8 heteroatoms. The Kier molecular flexibility index (Phi) is 5.40. The predicted octanol–water partition coefficient (Wildman–Crippen LogP) is 2.49. The number of rotatable bonds is 5. The zero-order valence-electron chi connectivity index (χ0n) is 14.1. The van der Waals surface area contributed by atoms with Gasteiger partial charge < -0.3 is 0 Å². The van der Waals surface area contributed by atoms with E-state index in [0.29, 0.717) is 24.6 Å². The lowest BCUT2D eigenvalue weighted by atomic mass is 10.2. The minimum atomic E-state index is -3.46. The average molecular weight is 359 g/mol. The first-order valence-electron chi connectivity index (χ1n) is 8.25. The van der Waals surface area contributed by atoms with Gasteiger partial charge in [-0.15, -0.1) is 0 Å². The summed E-state index contributed by atoms with van der Waals surface area (Å²) in [5, 5.41) is 4.23. The summed E-state index contributed by atoms with van der Waals surface area (Å²) in [6.07, 6.45) is 5.98. The molecule has 0 atom stereocenters. The average Bonchev–Trinajstić information content (AvgIpc) is 2.68. The molecule has 0 saturated carbocycles. The predicted molar refractivity (Wildman–Crippen MR) is 96.9 cm³/mol. The van der Waals surface area contributed by atoms with Crippen LogP contribution in [-0.2, 0) is 10.0 Å². The molecule has 1 N–H and O–H groups in total. The lowest BCUT2D eigenvalue weighted by Crippen LogP contribution is -2.35. The van der Waals surface area contributed by atoms with E-state index in [9.17, 15) is 8.42 Å². The van der Waals surface area contributed by atoms with Crippen molar-refractivity contribution in [1.82, 2.24) is 14.3 Å². The molecule has 3 heterocycles. The highest BCUT2D eigenvalue weighted by Crippen LogP contribution is 2.20. The van der Waals surface area contributed by atoms with E-state index in [1.807, 2.05) is 25.1 Å². The Morgan fingerprint density at radius 3 is 2.56 bits per heavy atom. The maximum Gasteiger partial charge on any atom is 0.244 e. The van der Waals surface area contributed by atoms with E-state index in [-0.39, 0.29) is 4.90 Å². The fourth-order valence-corrected chi connectivity index (χ4v) is 4.09. The van der Waals surface area contributed by atoms with E-state index in [1.165, 1.54) is 10.5 Å². The van der Waals surface area contributed by atoms with E-state index in [1.54, 1.807) is 18.3 Å². The maximum absolute atomic E-state index is 12.6. The van der Waals surface area contributed by atoms with Crippen LogP contribution in [0.25, 0.3) is 0 Å². The van der Waals surface area contributed by atoms with Gasteiger partial charge in [-0.05, 0) is 44.0 Å². The standard InChI is InChI=1S/C17H21N5O2S/c1-14(16-7-3-4-10-18-16)20-21-17-9-8-15(13-19-17)25(23,24)22-11-5-2-6-12-22/h3-4,7-10,13H,2,5-6,11-12H2,1H3,(H,19,21). The summed E-state index contributed by atoms with van der Waals surface area (Å²) in [6, 6.07) is 8.77. The second kappa shape index (κ2) is 7.71. The van der Waals surface area contributed by atoms with Crippen molar-refractivity contribution in [2.75, 3.05) is 18.5 Å². The van der Waals surface area contributed by atoms with Gasteiger partial charge in [-0.25, -0.2) is 13.4 Å². The number of piperidine rings is 1. The summed E-state index contributed by atoms with van der Waals surface area (Å²) in [5.41, 5.74) is 4.31. The molecule has 0 aromatic carbocycles. The third-order valence-electron chi connectivity index (χ3n) is 4.06. The minimum absolute atomic E-state index is 0.213. The smallest absolute Gasteiger partial charge is 0.244 e. The molecule has 1 saturated heterocycles. The van der Waals surface area contributed by atoms with Gasteiger partial charge in [0.05, 0.1) is 11.4 Å². The number of sulfonamides is 1. The number of nitrogens with one attached hydrogen (secondary N) is 1. The molecule has 0 amide bonds. The Balaban J connectivity index is 1.70. The van der Waals surface area contributed by atoms with Gasteiger partial charge in [0.2, 0.25) is 10.0 Å². The third kappa shape index (κ3) is 4.21. The molecule has 25 heavy (non-hydrogen) atoms. The molecule has 1 aliphatic heterocycles. The quantitative estimate of drug-likeness (QED) is 0.654. The largest absolute Gasteiger partial charge is 0.261 e. The van der Waals surface area contributed by atoms with E-state index in [0.717, 1.165) is 25.0 Å². The first-order chi connectivity index (χ1) is 12.1. The highest BCUT2D eigenvalue weighted by molar-refractivity contribution is 7.89. The Hall–Kier alpha value is -2.32. The van der Waals surface area contributed by atoms with Crippen molar-refractivity contribution >= 4 is 21.6 Å². The summed E-state index contributed by atoms with van der Waals surface area (Å²) < 4.78 is 26.7. The van der Waals surface area contributed by atoms with Crippen LogP contribution in [0.1, 0.15) is 31.9 Å². The maximum atomic E-state index is 12.6. The van der Waals surface area contributed by atoms with E-state index < -0.39 is 10.0 Å². The summed E-state index contributed by atoms with van der Waals surface area (Å²) in [7, 11) is -3.46. The Labute approximate surface area is 147 Å².